The predicted molar refractivity (Wildman–Crippen MR) is 236 cm³/mol. The second-order valence-electron chi connectivity index (χ2n) is 13.5. The molecule has 0 aliphatic heterocycles. The van der Waals surface area contributed by atoms with Crippen LogP contribution in [0.4, 0.5) is 35.2 Å². The van der Waals surface area contributed by atoms with Crippen LogP contribution in [0, 0.1) is 6.07 Å². The summed E-state index contributed by atoms with van der Waals surface area (Å²) in [6.07, 6.45) is 3.89. The summed E-state index contributed by atoms with van der Waals surface area (Å²) in [6, 6.07) is 31.7. The number of nitrogens with one attached hydrogen (secondary N) is 2. The van der Waals surface area contributed by atoms with E-state index in [1.807, 2.05) is 60.7 Å². The fraction of sp³-hybridized carbons (Fsp3) is 0.238. The third-order valence-electron chi connectivity index (χ3n) is 8.87. The van der Waals surface area contributed by atoms with Crippen molar-refractivity contribution < 1.29 is 105 Å². The minimum absolute atomic E-state index is 0. The van der Waals surface area contributed by atoms with Gasteiger partial charge in [-0.25, -0.2) is 8.42 Å². The van der Waals surface area contributed by atoms with E-state index in [2.05, 4.69) is 46.6 Å². The first-order valence-electron chi connectivity index (χ1n) is 19.5. The summed E-state index contributed by atoms with van der Waals surface area (Å²) >= 11 is 0. The zero-order chi connectivity index (χ0) is 45.9. The van der Waals surface area contributed by atoms with E-state index in [0.29, 0.717) is 41.7 Å². The molecule has 20 nitrogen and oxygen atoms in total. The number of rotatable bonds is 21. The molecule has 2 heterocycles. The maximum Gasteiger partial charge on any atom is 1.00 e. The third-order valence-corrected chi connectivity index (χ3v) is 9.76. The summed E-state index contributed by atoms with van der Waals surface area (Å²) in [5, 5.41) is 44.6. The molecule has 0 fully saturated rings. The fourth-order valence-electron chi connectivity index (χ4n) is 6.05. The van der Waals surface area contributed by atoms with Crippen molar-refractivity contribution in [3.63, 3.8) is 0 Å². The summed E-state index contributed by atoms with van der Waals surface area (Å²) in [5.74, 6) is 1.68. The molecule has 0 aliphatic rings. The van der Waals surface area contributed by atoms with Gasteiger partial charge in [0.2, 0.25) is 23.8 Å². The van der Waals surface area contributed by atoms with Crippen LogP contribution < -0.4 is 79.5 Å². The molecule has 0 bridgehead atoms. The number of hydrogen-bond acceptors (Lipinski definition) is 20. The van der Waals surface area contributed by atoms with Crippen LogP contribution in [0.3, 0.4) is 0 Å². The van der Waals surface area contributed by atoms with Gasteiger partial charge in [-0.1, -0.05) is 72.8 Å². The Bertz CT molecular complexity index is 2680. The van der Waals surface area contributed by atoms with Gasteiger partial charge in [-0.3, -0.25) is 0 Å². The molecule has 6 aromatic rings. The van der Waals surface area contributed by atoms with Gasteiger partial charge in [-0.15, -0.1) is 43.0 Å². The third kappa shape index (κ3) is 18.1. The summed E-state index contributed by atoms with van der Waals surface area (Å²) in [6.45, 7) is -0.0151. The van der Waals surface area contributed by atoms with Gasteiger partial charge in [0.25, 0.3) is 0 Å². The molecular weight excluding hydrogens is 915 g/mol. The smallest absolute Gasteiger partial charge is 0.744 e. The Labute approximate surface area is 427 Å². The molecule has 66 heavy (non-hydrogen) atoms. The minimum atomic E-state index is -4.95. The van der Waals surface area contributed by atoms with Crippen molar-refractivity contribution in [3.05, 3.63) is 137 Å². The van der Waals surface area contributed by atoms with E-state index in [9.17, 15) is 33.4 Å². The maximum atomic E-state index is 12.5. The Kier molecular flexibility index (Phi) is 23.9. The van der Waals surface area contributed by atoms with Crippen LogP contribution >= 0.6 is 0 Å². The predicted octanol–water partition coefficient (Wildman–Crippen LogP) is -3.81. The quantitative estimate of drug-likeness (QED) is 0.0174. The summed E-state index contributed by atoms with van der Waals surface area (Å²) in [5.41, 5.74) is 3.46. The molecule has 6 N–H and O–H groups in total. The van der Waals surface area contributed by atoms with Gasteiger partial charge in [0.05, 0.1) is 31.3 Å². The zero-order valence-electron chi connectivity index (χ0n) is 36.1. The Hall–Kier alpha value is -4.79. The first-order valence-corrected chi connectivity index (χ1v) is 21.9. The number of anilines is 6. The van der Waals surface area contributed by atoms with Gasteiger partial charge >= 0.3 is 69.7 Å². The molecule has 2 aromatic heterocycles. The topological polar surface area (TPSA) is 297 Å². The van der Waals surface area contributed by atoms with Crippen molar-refractivity contribution in [1.29, 1.82) is 0 Å². The molecule has 0 radical (unpaired) electrons. The first-order chi connectivity index (χ1) is 30.9. The average molecular weight is 959 g/mol. The molecule has 0 saturated carbocycles. The molecule has 0 amide bonds. The monoisotopic (exact) mass is 958 g/mol. The molecule has 6 rings (SSSR count). The zero-order valence-corrected chi connectivity index (χ0v) is 41.7. The Morgan fingerprint density at radius 2 is 1.05 bits per heavy atom. The van der Waals surface area contributed by atoms with Crippen LogP contribution in [-0.4, -0.2) is 129 Å². The molecular formula is C42H44N10Na2O10S2. The van der Waals surface area contributed by atoms with Crippen molar-refractivity contribution in [2.45, 2.75) is 17.7 Å². The van der Waals surface area contributed by atoms with E-state index >= 15 is 0 Å². The van der Waals surface area contributed by atoms with Crippen molar-refractivity contribution >= 4 is 68.0 Å². The van der Waals surface area contributed by atoms with Crippen LogP contribution in [0.2, 0.25) is 0 Å². The van der Waals surface area contributed by atoms with Crippen LogP contribution in [-0.2, 0) is 33.6 Å². The van der Waals surface area contributed by atoms with E-state index in [1.54, 1.807) is 40.1 Å². The standard InChI is InChI=1S/C42H45N10O7S.2Na.O3S/c53-23-19-51(20-24-54)41-47-37(27-31-7-3-1-4-8-31)45-39(49-41)43-34-16-12-30(13-17-34)11-14-33-15-18-35(29-36(33)60(57,58)59)44-40-46-38(28-32-9-5-2-6-10-32)48-42(50-40)52(21-25-55)22-26-56;;;1-4(2)3/h1-12,14-18,29,53-56H,19-28H2,(H,57,58,59)(H,43,45,47,49)(H,44,46,48,50);;;/q-1;2*+1;/p-1/b14-11+;;;. The first kappa shape index (κ1) is 55.5. The number of nitrogens with zero attached hydrogens (tertiary/aromatic N) is 8. The van der Waals surface area contributed by atoms with Gasteiger partial charge in [-0.05, 0) is 34.5 Å². The number of aliphatic hydroxyl groups excluding tert-OH is 4. The van der Waals surface area contributed by atoms with Gasteiger partial charge in [-0.2, -0.15) is 35.5 Å². The number of hydrogen-bond donors (Lipinski definition) is 6. The number of aromatic nitrogens is 6. The Morgan fingerprint density at radius 1 is 0.606 bits per heavy atom. The molecule has 24 heteroatoms. The normalized spacial score (nSPS) is 10.8. The van der Waals surface area contributed by atoms with E-state index in [0.717, 1.165) is 11.1 Å². The number of aliphatic hydroxyl groups is 4. The van der Waals surface area contributed by atoms with Crippen molar-refractivity contribution in [3.8, 4) is 0 Å². The largest absolute Gasteiger partial charge is 1.00 e. The maximum absolute atomic E-state index is 12.5. The van der Waals surface area contributed by atoms with Crippen molar-refractivity contribution in [2.24, 2.45) is 0 Å². The van der Waals surface area contributed by atoms with E-state index in [4.69, 9.17) is 12.6 Å². The average Bonchev–Trinajstić information content (AvgIpc) is 3.26. The van der Waals surface area contributed by atoms with Gasteiger partial charge in [0.1, 0.15) is 21.8 Å². The Morgan fingerprint density at radius 3 is 1.45 bits per heavy atom. The van der Waals surface area contributed by atoms with E-state index in [-0.39, 0.29) is 141 Å². The van der Waals surface area contributed by atoms with Gasteiger partial charge in [0.15, 0.2) is 0 Å². The fourth-order valence-corrected chi connectivity index (χ4v) is 6.75. The summed E-state index contributed by atoms with van der Waals surface area (Å²) in [7, 11) is -8.06. The van der Waals surface area contributed by atoms with E-state index in [1.165, 1.54) is 18.2 Å². The van der Waals surface area contributed by atoms with Crippen molar-refractivity contribution in [2.75, 3.05) is 73.0 Å². The molecule has 0 spiro atoms. The van der Waals surface area contributed by atoms with Gasteiger partial charge < -0.3 is 45.4 Å². The summed E-state index contributed by atoms with van der Waals surface area (Å²) < 4.78 is 62.9. The van der Waals surface area contributed by atoms with Crippen LogP contribution in [0.15, 0.2) is 102 Å². The second-order valence-corrected chi connectivity index (χ2v) is 15.2. The van der Waals surface area contributed by atoms with Crippen molar-refractivity contribution in [1.82, 2.24) is 29.9 Å². The van der Waals surface area contributed by atoms with Crippen LogP contribution in [0.1, 0.15) is 33.9 Å². The minimum Gasteiger partial charge on any atom is -0.744 e. The second kappa shape index (κ2) is 28.4. The summed E-state index contributed by atoms with van der Waals surface area (Å²) in [4.78, 5) is 30.1. The molecule has 336 valence electrons. The van der Waals surface area contributed by atoms with Crippen LogP contribution in [0.25, 0.3) is 12.2 Å². The SMILES string of the molecule is O=S(=O)([O-])c1cc(Nc2nc(Cc3ccccc3)nc(N(CCO)CCO)n2)ccc1/C=C/c1[c-]cc(Nc2nc(Cc3ccccc3)nc(N(CCO)CCO)n2)cc1.O=S(=O)=O.[Na+].[Na+]. The van der Waals surface area contributed by atoms with E-state index < -0.39 is 25.6 Å². The molecule has 0 saturated heterocycles. The van der Waals surface area contributed by atoms with Gasteiger partial charge in [0, 0.05) is 44.7 Å². The number of benzene rings is 4. The molecule has 0 atom stereocenters. The molecule has 4 aromatic carbocycles. The Balaban J connectivity index is 0.00000185. The van der Waals surface area contributed by atoms with Crippen LogP contribution in [0.5, 0.6) is 0 Å². The molecule has 0 aliphatic carbocycles. The molecule has 0 unspecified atom stereocenters.